The molecule has 7 nitrogen and oxygen atoms in total. The van der Waals surface area contributed by atoms with E-state index in [4.69, 9.17) is 43.3 Å². The predicted octanol–water partition coefficient (Wildman–Crippen LogP) is 6.47. The minimum Gasteiger partial charge on any atom is -0.367 e. The van der Waals surface area contributed by atoms with Crippen LogP contribution < -0.4 is 0 Å². The van der Waals surface area contributed by atoms with Gasteiger partial charge in [0, 0.05) is 28.0 Å². The Morgan fingerprint density at radius 2 is 1.70 bits per heavy atom. The quantitative estimate of drug-likeness (QED) is 0.239. The lowest BCUT2D eigenvalue weighted by Crippen LogP contribution is -2.12. The van der Waals surface area contributed by atoms with Crippen molar-refractivity contribution < 1.29 is 15.0 Å². The van der Waals surface area contributed by atoms with E-state index in [0.717, 1.165) is 11.1 Å². The monoisotopic (exact) mass is 485 g/mol. The van der Waals surface area contributed by atoms with E-state index in [9.17, 15) is 0 Å². The minimum atomic E-state index is -1.50. The van der Waals surface area contributed by atoms with Crippen LogP contribution in [0.15, 0.2) is 91.5 Å². The van der Waals surface area contributed by atoms with Gasteiger partial charge in [-0.1, -0.05) is 83.9 Å². The number of aromatic nitrogens is 2. The van der Waals surface area contributed by atoms with Crippen LogP contribution in [-0.4, -0.2) is 19.8 Å². The van der Waals surface area contributed by atoms with Crippen molar-refractivity contribution in [3.63, 3.8) is 0 Å². The van der Waals surface area contributed by atoms with Gasteiger partial charge in [-0.3, -0.25) is 0 Å². The molecule has 0 aliphatic heterocycles. The standard InChI is InChI=1S/C24H20Cl2N2O.HNO3/c25-21-10-11-22(23(26)14-21)24(15-28-13-12-27-17-28)29-16-18-6-8-20(9-7-18)19-4-2-1-3-5-19;2-1(3)4/h1-14,17,24H,15-16H2;(H,2,3,4). The lowest BCUT2D eigenvalue weighted by molar-refractivity contribution is -0.742. The predicted molar refractivity (Wildman–Crippen MR) is 127 cm³/mol. The van der Waals surface area contributed by atoms with Gasteiger partial charge < -0.3 is 14.5 Å². The molecule has 4 aromatic rings. The fraction of sp³-hybridized carbons (Fsp3) is 0.125. The average molecular weight is 486 g/mol. The maximum Gasteiger partial charge on any atom is 0.291 e. The van der Waals surface area contributed by atoms with E-state index >= 15 is 0 Å². The van der Waals surface area contributed by atoms with Gasteiger partial charge in [-0.15, -0.1) is 10.1 Å². The largest absolute Gasteiger partial charge is 0.367 e. The van der Waals surface area contributed by atoms with Crippen molar-refractivity contribution in [3.8, 4) is 11.1 Å². The normalized spacial score (nSPS) is 11.3. The van der Waals surface area contributed by atoms with E-state index in [-0.39, 0.29) is 6.10 Å². The van der Waals surface area contributed by atoms with Crippen molar-refractivity contribution in [1.82, 2.24) is 9.55 Å². The summed E-state index contributed by atoms with van der Waals surface area (Å²) in [6, 6.07) is 24.3. The van der Waals surface area contributed by atoms with Crippen LogP contribution in [-0.2, 0) is 17.9 Å². The van der Waals surface area contributed by atoms with Gasteiger partial charge >= 0.3 is 0 Å². The zero-order chi connectivity index (χ0) is 23.6. The van der Waals surface area contributed by atoms with Gasteiger partial charge in [-0.05, 0) is 28.8 Å². The highest BCUT2D eigenvalue weighted by Crippen LogP contribution is 2.30. The number of benzene rings is 3. The van der Waals surface area contributed by atoms with Crippen LogP contribution in [0.5, 0.6) is 0 Å². The van der Waals surface area contributed by atoms with E-state index in [1.54, 1.807) is 18.6 Å². The zero-order valence-electron chi connectivity index (χ0n) is 17.4. The van der Waals surface area contributed by atoms with Gasteiger partial charge in [0.1, 0.15) is 6.10 Å². The Labute approximate surface area is 200 Å². The van der Waals surface area contributed by atoms with E-state index in [2.05, 4.69) is 41.4 Å². The van der Waals surface area contributed by atoms with Gasteiger partial charge in [-0.25, -0.2) is 4.98 Å². The van der Waals surface area contributed by atoms with Crippen LogP contribution in [0.25, 0.3) is 11.1 Å². The molecule has 0 saturated carbocycles. The average Bonchev–Trinajstić information content (AvgIpc) is 3.31. The third kappa shape index (κ3) is 7.61. The van der Waals surface area contributed by atoms with Crippen LogP contribution in [0.4, 0.5) is 0 Å². The number of rotatable bonds is 7. The number of nitrogens with zero attached hydrogens (tertiary/aromatic N) is 3. The highest BCUT2D eigenvalue weighted by molar-refractivity contribution is 6.35. The summed E-state index contributed by atoms with van der Waals surface area (Å²) in [4.78, 5) is 12.5. The molecule has 1 aromatic heterocycles. The van der Waals surface area contributed by atoms with Crippen LogP contribution >= 0.6 is 23.2 Å². The van der Waals surface area contributed by atoms with Crippen LogP contribution in [0.2, 0.25) is 10.0 Å². The highest BCUT2D eigenvalue weighted by Gasteiger charge is 2.17. The Balaban J connectivity index is 0.000000709. The molecular weight excluding hydrogens is 465 g/mol. The summed E-state index contributed by atoms with van der Waals surface area (Å²) in [6.45, 7) is 1.09. The second kappa shape index (κ2) is 12.0. The fourth-order valence-electron chi connectivity index (χ4n) is 3.21. The Morgan fingerprint density at radius 1 is 1.03 bits per heavy atom. The van der Waals surface area contributed by atoms with E-state index < -0.39 is 5.09 Å². The first-order valence-corrected chi connectivity index (χ1v) is 10.7. The van der Waals surface area contributed by atoms with Crippen molar-refractivity contribution >= 4 is 23.2 Å². The highest BCUT2D eigenvalue weighted by atomic mass is 35.5. The summed E-state index contributed by atoms with van der Waals surface area (Å²) in [7, 11) is 0. The summed E-state index contributed by atoms with van der Waals surface area (Å²) in [6.07, 6.45) is 5.22. The minimum absolute atomic E-state index is 0.220. The molecule has 0 aliphatic carbocycles. The Bertz CT molecular complexity index is 1150. The number of hydrogen-bond acceptors (Lipinski definition) is 4. The Hall–Kier alpha value is -3.39. The lowest BCUT2D eigenvalue weighted by atomic mass is 10.0. The molecule has 0 bridgehead atoms. The zero-order valence-corrected chi connectivity index (χ0v) is 18.9. The molecular formula is C24H21Cl2N3O4. The Kier molecular flexibility index (Phi) is 8.83. The van der Waals surface area contributed by atoms with Gasteiger partial charge in [0.25, 0.3) is 5.09 Å². The number of hydrogen-bond donors (Lipinski definition) is 1. The molecule has 33 heavy (non-hydrogen) atoms. The molecule has 0 spiro atoms. The first-order valence-electron chi connectivity index (χ1n) is 9.92. The molecule has 1 unspecified atom stereocenters. The molecule has 3 aromatic carbocycles. The molecule has 1 atom stereocenters. The SMILES string of the molecule is Clc1ccc(C(Cn2ccnc2)OCc2ccc(-c3ccccc3)cc2)c(Cl)c1.O=[N+]([O-])O. The number of ether oxygens (including phenoxy) is 1. The number of halogens is 2. The smallest absolute Gasteiger partial charge is 0.291 e. The first kappa shape index (κ1) is 24.3. The van der Waals surface area contributed by atoms with Crippen LogP contribution in [0.1, 0.15) is 17.2 Å². The molecule has 170 valence electrons. The van der Waals surface area contributed by atoms with Crippen molar-refractivity contribution in [2.75, 3.05) is 0 Å². The molecule has 4 rings (SSSR count). The molecule has 0 saturated heterocycles. The third-order valence-electron chi connectivity index (χ3n) is 4.76. The van der Waals surface area contributed by atoms with E-state index in [1.807, 2.05) is 41.1 Å². The van der Waals surface area contributed by atoms with Crippen LogP contribution in [0, 0.1) is 10.1 Å². The summed E-state index contributed by atoms with van der Waals surface area (Å²) in [5.74, 6) is 0. The second-order valence-electron chi connectivity index (χ2n) is 7.03. The van der Waals surface area contributed by atoms with Gasteiger partial charge in [0.2, 0.25) is 0 Å². The summed E-state index contributed by atoms with van der Waals surface area (Å²) < 4.78 is 8.26. The van der Waals surface area contributed by atoms with Gasteiger partial charge in [0.15, 0.2) is 0 Å². The molecule has 1 heterocycles. The van der Waals surface area contributed by atoms with Crippen molar-refractivity contribution in [2.24, 2.45) is 0 Å². The second-order valence-corrected chi connectivity index (χ2v) is 7.87. The molecule has 0 radical (unpaired) electrons. The molecule has 0 fully saturated rings. The summed E-state index contributed by atoms with van der Waals surface area (Å²) in [5, 5.41) is 14.8. The molecule has 0 amide bonds. The molecule has 0 aliphatic rings. The van der Waals surface area contributed by atoms with Crippen LogP contribution in [0.3, 0.4) is 0 Å². The number of imidazole rings is 1. The molecule has 9 heteroatoms. The first-order chi connectivity index (χ1) is 15.9. The van der Waals surface area contributed by atoms with Gasteiger partial charge in [0.05, 0.1) is 19.5 Å². The topological polar surface area (TPSA) is 90.4 Å². The van der Waals surface area contributed by atoms with Crippen molar-refractivity contribution in [2.45, 2.75) is 19.3 Å². The summed E-state index contributed by atoms with van der Waals surface area (Å²) >= 11 is 12.5. The maximum atomic E-state index is 8.36. The van der Waals surface area contributed by atoms with E-state index in [1.165, 1.54) is 11.1 Å². The fourth-order valence-corrected chi connectivity index (χ4v) is 3.74. The Morgan fingerprint density at radius 3 is 2.30 bits per heavy atom. The van der Waals surface area contributed by atoms with Crippen molar-refractivity contribution in [1.29, 1.82) is 0 Å². The lowest BCUT2D eigenvalue weighted by Gasteiger charge is -2.20. The van der Waals surface area contributed by atoms with Gasteiger partial charge in [-0.2, -0.15) is 0 Å². The van der Waals surface area contributed by atoms with E-state index in [0.29, 0.717) is 23.2 Å². The summed E-state index contributed by atoms with van der Waals surface area (Å²) in [5.41, 5.74) is 4.40. The van der Waals surface area contributed by atoms with Crippen molar-refractivity contribution in [3.05, 3.63) is 123 Å². The molecule has 1 N–H and O–H groups in total. The third-order valence-corrected chi connectivity index (χ3v) is 5.32. The maximum absolute atomic E-state index is 8.36.